The molecule has 2 aliphatic rings. The number of anilines is 2. The minimum atomic E-state index is 0.470. The van der Waals surface area contributed by atoms with Crippen LogP contribution in [-0.2, 0) is 4.74 Å². The normalized spacial score (nSPS) is 24.6. The highest BCUT2D eigenvalue weighted by molar-refractivity contribution is 7.99. The molecule has 0 radical (unpaired) electrons. The molecule has 1 unspecified atom stereocenters. The molecule has 0 spiro atoms. The summed E-state index contributed by atoms with van der Waals surface area (Å²) < 4.78 is 5.56. The van der Waals surface area contributed by atoms with Crippen molar-refractivity contribution in [3.63, 3.8) is 0 Å². The van der Waals surface area contributed by atoms with E-state index >= 15 is 0 Å². The number of rotatable bonds is 2. The second kappa shape index (κ2) is 6.63. The molecule has 2 aliphatic heterocycles. The fraction of sp³-hybridized carbons (Fsp3) is 0.714. The maximum atomic E-state index is 5.56. The lowest BCUT2D eigenvalue weighted by atomic mass is 10.2. The van der Waals surface area contributed by atoms with Gasteiger partial charge < -0.3 is 14.5 Å². The summed E-state index contributed by atoms with van der Waals surface area (Å²) in [6, 6.07) is 2.61. The Labute approximate surface area is 124 Å². The van der Waals surface area contributed by atoms with Crippen molar-refractivity contribution in [2.45, 2.75) is 19.4 Å². The van der Waals surface area contributed by atoms with Gasteiger partial charge in [0.15, 0.2) is 0 Å². The molecule has 0 N–H and O–H groups in total. The van der Waals surface area contributed by atoms with Gasteiger partial charge >= 0.3 is 0 Å². The molecule has 20 heavy (non-hydrogen) atoms. The predicted molar refractivity (Wildman–Crippen MR) is 83.8 cm³/mol. The van der Waals surface area contributed by atoms with Crippen molar-refractivity contribution in [1.29, 1.82) is 0 Å². The van der Waals surface area contributed by atoms with Crippen LogP contribution in [-0.4, -0.2) is 60.4 Å². The summed E-state index contributed by atoms with van der Waals surface area (Å²) in [7, 11) is 0. The summed E-state index contributed by atoms with van der Waals surface area (Å²) in [6.45, 7) is 6.95. The average molecular weight is 294 g/mol. The number of thioether (sulfide) groups is 1. The molecule has 2 saturated heterocycles. The molecule has 0 amide bonds. The summed E-state index contributed by atoms with van der Waals surface area (Å²) in [4.78, 5) is 13.6. The summed E-state index contributed by atoms with van der Waals surface area (Å²) in [5.74, 6) is 4.47. The number of nitrogens with zero attached hydrogens (tertiary/aromatic N) is 4. The van der Waals surface area contributed by atoms with Gasteiger partial charge in [-0.25, -0.2) is 9.97 Å². The lowest BCUT2D eigenvalue weighted by Crippen LogP contribution is -2.36. The molecule has 3 rings (SSSR count). The first-order chi connectivity index (χ1) is 9.84. The van der Waals surface area contributed by atoms with Gasteiger partial charge in [-0.2, -0.15) is 11.8 Å². The molecule has 2 fully saturated rings. The number of aromatic nitrogens is 2. The van der Waals surface area contributed by atoms with Crippen LogP contribution in [0.15, 0.2) is 12.4 Å². The average Bonchev–Trinajstić information content (AvgIpc) is 2.73. The third kappa shape index (κ3) is 3.17. The summed E-state index contributed by atoms with van der Waals surface area (Å²) >= 11 is 2.02. The Morgan fingerprint density at radius 3 is 2.80 bits per heavy atom. The SMILES string of the molecule is CC1CCOCCN1c1cc(N2CCSCC2)ncn1. The standard InChI is InChI=1S/C14H22N4OS/c1-12-2-6-19-7-3-18(12)14-10-13(15-11-16-14)17-4-8-20-9-5-17/h10-12H,2-9H2,1H3. The zero-order valence-electron chi connectivity index (χ0n) is 12.0. The predicted octanol–water partition coefficient (Wildman–Crippen LogP) is 1.65. The van der Waals surface area contributed by atoms with E-state index in [1.54, 1.807) is 6.33 Å². The smallest absolute Gasteiger partial charge is 0.134 e. The monoisotopic (exact) mass is 294 g/mol. The second-order valence-electron chi connectivity index (χ2n) is 5.28. The van der Waals surface area contributed by atoms with Gasteiger partial charge in [-0.1, -0.05) is 0 Å². The van der Waals surface area contributed by atoms with E-state index < -0.39 is 0 Å². The Bertz CT molecular complexity index is 439. The van der Waals surface area contributed by atoms with Crippen molar-refractivity contribution in [1.82, 2.24) is 9.97 Å². The van der Waals surface area contributed by atoms with Gasteiger partial charge in [-0.05, 0) is 13.3 Å². The van der Waals surface area contributed by atoms with Gasteiger partial charge in [0.1, 0.15) is 18.0 Å². The highest BCUT2D eigenvalue weighted by atomic mass is 32.2. The number of hydrogen-bond donors (Lipinski definition) is 0. The minimum absolute atomic E-state index is 0.470. The van der Waals surface area contributed by atoms with E-state index in [2.05, 4.69) is 32.8 Å². The van der Waals surface area contributed by atoms with E-state index in [1.165, 1.54) is 11.5 Å². The zero-order chi connectivity index (χ0) is 13.8. The molecule has 3 heterocycles. The molecule has 0 aromatic carbocycles. The van der Waals surface area contributed by atoms with Crippen molar-refractivity contribution in [3.8, 4) is 0 Å². The molecule has 0 bridgehead atoms. The Morgan fingerprint density at radius 2 is 1.95 bits per heavy atom. The van der Waals surface area contributed by atoms with Crippen molar-refractivity contribution < 1.29 is 4.74 Å². The first-order valence-corrected chi connectivity index (χ1v) is 8.49. The van der Waals surface area contributed by atoms with Crippen LogP contribution in [0.5, 0.6) is 0 Å². The Kier molecular flexibility index (Phi) is 4.62. The van der Waals surface area contributed by atoms with Crippen molar-refractivity contribution >= 4 is 23.4 Å². The maximum Gasteiger partial charge on any atom is 0.134 e. The van der Waals surface area contributed by atoms with Crippen LogP contribution in [0.2, 0.25) is 0 Å². The molecule has 110 valence electrons. The van der Waals surface area contributed by atoms with Gasteiger partial charge in [0.25, 0.3) is 0 Å². The van der Waals surface area contributed by atoms with E-state index in [4.69, 9.17) is 4.74 Å². The first kappa shape index (κ1) is 13.9. The van der Waals surface area contributed by atoms with Crippen LogP contribution in [0.3, 0.4) is 0 Å². The van der Waals surface area contributed by atoms with E-state index in [0.29, 0.717) is 6.04 Å². The van der Waals surface area contributed by atoms with Crippen LogP contribution < -0.4 is 9.80 Å². The van der Waals surface area contributed by atoms with Crippen LogP contribution >= 0.6 is 11.8 Å². The van der Waals surface area contributed by atoms with E-state index in [1.807, 2.05) is 11.8 Å². The lowest BCUT2D eigenvalue weighted by molar-refractivity contribution is 0.150. The van der Waals surface area contributed by atoms with Gasteiger partial charge in [-0.15, -0.1) is 0 Å². The largest absolute Gasteiger partial charge is 0.380 e. The molecule has 0 aliphatic carbocycles. The zero-order valence-corrected chi connectivity index (χ0v) is 12.8. The van der Waals surface area contributed by atoms with Crippen LogP contribution in [0, 0.1) is 0 Å². The lowest BCUT2D eigenvalue weighted by Gasteiger charge is -2.30. The second-order valence-corrected chi connectivity index (χ2v) is 6.50. The number of ether oxygens (including phenoxy) is 1. The fourth-order valence-corrected chi connectivity index (χ4v) is 3.60. The molecule has 5 nitrogen and oxygen atoms in total. The fourth-order valence-electron chi connectivity index (χ4n) is 2.70. The molecule has 1 aromatic rings. The summed E-state index contributed by atoms with van der Waals surface area (Å²) in [5, 5.41) is 0. The first-order valence-electron chi connectivity index (χ1n) is 7.34. The highest BCUT2D eigenvalue weighted by Crippen LogP contribution is 2.23. The Hall–Kier alpha value is -1.01. The van der Waals surface area contributed by atoms with Crippen LogP contribution in [0.25, 0.3) is 0 Å². The van der Waals surface area contributed by atoms with Gasteiger partial charge in [0.2, 0.25) is 0 Å². The van der Waals surface area contributed by atoms with Crippen molar-refractivity contribution in [2.24, 2.45) is 0 Å². The number of hydrogen-bond acceptors (Lipinski definition) is 6. The summed E-state index contributed by atoms with van der Waals surface area (Å²) in [6.07, 6.45) is 2.75. The van der Waals surface area contributed by atoms with E-state index in [0.717, 1.165) is 50.9 Å². The molecule has 6 heteroatoms. The van der Waals surface area contributed by atoms with E-state index in [-0.39, 0.29) is 0 Å². The van der Waals surface area contributed by atoms with Crippen LogP contribution in [0.4, 0.5) is 11.6 Å². The van der Waals surface area contributed by atoms with Gasteiger partial charge in [-0.3, -0.25) is 0 Å². The maximum absolute atomic E-state index is 5.56. The van der Waals surface area contributed by atoms with Gasteiger partial charge in [0, 0.05) is 49.9 Å². The van der Waals surface area contributed by atoms with Crippen molar-refractivity contribution in [2.75, 3.05) is 54.2 Å². The molecule has 0 saturated carbocycles. The molecular formula is C14H22N4OS. The quantitative estimate of drug-likeness (QED) is 0.826. The third-order valence-corrected chi connectivity index (χ3v) is 4.90. The molecule has 1 atom stereocenters. The topological polar surface area (TPSA) is 41.5 Å². The Balaban J connectivity index is 1.78. The molecule has 1 aromatic heterocycles. The van der Waals surface area contributed by atoms with Gasteiger partial charge in [0.05, 0.1) is 6.61 Å². The third-order valence-electron chi connectivity index (χ3n) is 3.96. The molecular weight excluding hydrogens is 272 g/mol. The van der Waals surface area contributed by atoms with Crippen LogP contribution in [0.1, 0.15) is 13.3 Å². The highest BCUT2D eigenvalue weighted by Gasteiger charge is 2.20. The Morgan fingerprint density at radius 1 is 1.15 bits per heavy atom. The minimum Gasteiger partial charge on any atom is -0.380 e. The van der Waals surface area contributed by atoms with E-state index in [9.17, 15) is 0 Å². The van der Waals surface area contributed by atoms with Crippen molar-refractivity contribution in [3.05, 3.63) is 12.4 Å². The summed E-state index contributed by atoms with van der Waals surface area (Å²) in [5.41, 5.74) is 0.